The summed E-state index contributed by atoms with van der Waals surface area (Å²) in [6, 6.07) is 6.61. The summed E-state index contributed by atoms with van der Waals surface area (Å²) in [5.74, 6) is 1.91. The topological polar surface area (TPSA) is 24.5 Å². The maximum atomic E-state index is 5.96. The molecule has 1 aromatic carbocycles. The van der Waals surface area contributed by atoms with Gasteiger partial charge in [-0.05, 0) is 56.0 Å². The third kappa shape index (κ3) is 3.09. The van der Waals surface area contributed by atoms with E-state index < -0.39 is 0 Å². The molecule has 1 unspecified atom stereocenters. The molecule has 3 heteroatoms. The van der Waals surface area contributed by atoms with Crippen molar-refractivity contribution >= 4 is 5.69 Å². The Hall–Kier alpha value is -1.22. The first-order valence-electron chi connectivity index (χ1n) is 8.00. The van der Waals surface area contributed by atoms with E-state index in [9.17, 15) is 0 Å². The molecule has 0 aliphatic carbocycles. The number of ether oxygens (including phenoxy) is 1. The second-order valence-corrected chi connectivity index (χ2v) is 6.32. The van der Waals surface area contributed by atoms with Gasteiger partial charge in [-0.2, -0.15) is 0 Å². The third-order valence-electron chi connectivity index (χ3n) is 4.60. The van der Waals surface area contributed by atoms with Gasteiger partial charge in [0.15, 0.2) is 0 Å². The van der Waals surface area contributed by atoms with Crippen LogP contribution in [-0.2, 0) is 6.54 Å². The highest BCUT2D eigenvalue weighted by Crippen LogP contribution is 2.31. The van der Waals surface area contributed by atoms with Gasteiger partial charge < -0.3 is 10.1 Å². The van der Waals surface area contributed by atoms with Gasteiger partial charge in [0.1, 0.15) is 11.9 Å². The Morgan fingerprint density at radius 1 is 1.30 bits per heavy atom. The van der Waals surface area contributed by atoms with Crippen LogP contribution in [0.2, 0.25) is 0 Å². The quantitative estimate of drug-likeness (QED) is 0.913. The number of hydrogen-bond donors (Lipinski definition) is 1. The van der Waals surface area contributed by atoms with E-state index in [1.807, 2.05) is 0 Å². The first-order chi connectivity index (χ1) is 9.74. The van der Waals surface area contributed by atoms with E-state index in [0.29, 0.717) is 6.10 Å². The van der Waals surface area contributed by atoms with E-state index in [2.05, 4.69) is 42.3 Å². The summed E-state index contributed by atoms with van der Waals surface area (Å²) in [7, 11) is 0. The van der Waals surface area contributed by atoms with Crippen LogP contribution in [0.25, 0.3) is 0 Å². The largest absolute Gasteiger partial charge is 0.486 e. The number of likely N-dealkylation sites (tertiary alicyclic amines) is 1. The van der Waals surface area contributed by atoms with Crippen molar-refractivity contribution in [2.24, 2.45) is 5.92 Å². The van der Waals surface area contributed by atoms with E-state index >= 15 is 0 Å². The van der Waals surface area contributed by atoms with Crippen LogP contribution in [0.1, 0.15) is 38.7 Å². The molecule has 2 heterocycles. The fourth-order valence-electron chi connectivity index (χ4n) is 3.07. The molecular weight excluding hydrogens is 248 g/mol. The van der Waals surface area contributed by atoms with Gasteiger partial charge in [0, 0.05) is 6.54 Å². The van der Waals surface area contributed by atoms with Crippen molar-refractivity contribution < 1.29 is 4.74 Å². The zero-order valence-electron chi connectivity index (χ0n) is 12.7. The van der Waals surface area contributed by atoms with E-state index in [0.717, 1.165) is 36.9 Å². The molecule has 0 bridgehead atoms. The van der Waals surface area contributed by atoms with Crippen LogP contribution in [0.3, 0.4) is 0 Å². The summed E-state index contributed by atoms with van der Waals surface area (Å²) in [5.41, 5.74) is 2.56. The minimum absolute atomic E-state index is 0.317. The molecule has 20 heavy (non-hydrogen) atoms. The molecule has 1 atom stereocenters. The Bertz CT molecular complexity index is 452. The smallest absolute Gasteiger partial charge is 0.142 e. The Labute approximate surface area is 122 Å². The van der Waals surface area contributed by atoms with Crippen LogP contribution in [-0.4, -0.2) is 30.6 Å². The molecule has 0 spiro atoms. The van der Waals surface area contributed by atoms with Crippen LogP contribution >= 0.6 is 0 Å². The molecule has 2 aliphatic rings. The lowest BCUT2D eigenvalue weighted by Crippen LogP contribution is -2.32. The van der Waals surface area contributed by atoms with Gasteiger partial charge in [-0.1, -0.05) is 19.9 Å². The first-order valence-corrected chi connectivity index (χ1v) is 8.00. The summed E-state index contributed by atoms with van der Waals surface area (Å²) in [6.45, 7) is 9.00. The van der Waals surface area contributed by atoms with Crippen molar-refractivity contribution in [2.45, 2.75) is 45.8 Å². The molecule has 0 aromatic heterocycles. The lowest BCUT2D eigenvalue weighted by molar-refractivity contribution is 0.184. The molecule has 2 aliphatic heterocycles. The first kappa shape index (κ1) is 13.7. The summed E-state index contributed by atoms with van der Waals surface area (Å²) in [6.07, 6.45) is 4.05. The highest BCUT2D eigenvalue weighted by Gasteiger charge is 2.19. The fourth-order valence-corrected chi connectivity index (χ4v) is 3.07. The average Bonchev–Trinajstić information content (AvgIpc) is 2.49. The number of benzene rings is 1. The Balaban J connectivity index is 1.64. The van der Waals surface area contributed by atoms with Crippen molar-refractivity contribution in [3.63, 3.8) is 0 Å². The average molecular weight is 274 g/mol. The zero-order chi connectivity index (χ0) is 13.9. The maximum absolute atomic E-state index is 5.96. The predicted octanol–water partition coefficient (Wildman–Crippen LogP) is 3.50. The Morgan fingerprint density at radius 3 is 2.85 bits per heavy atom. The van der Waals surface area contributed by atoms with Gasteiger partial charge in [0.05, 0.1) is 12.2 Å². The zero-order valence-corrected chi connectivity index (χ0v) is 12.7. The second kappa shape index (κ2) is 6.04. The Morgan fingerprint density at radius 2 is 2.10 bits per heavy atom. The molecule has 3 rings (SSSR count). The normalized spacial score (nSPS) is 23.8. The number of nitrogens with zero attached hydrogens (tertiary/aromatic N) is 1. The maximum Gasteiger partial charge on any atom is 0.142 e. The fraction of sp³-hybridized carbons (Fsp3) is 0.647. The van der Waals surface area contributed by atoms with E-state index in [4.69, 9.17) is 4.74 Å². The molecule has 110 valence electrons. The lowest BCUT2D eigenvalue weighted by atomic mass is 9.99. The number of nitrogens with one attached hydrogen (secondary N) is 1. The van der Waals surface area contributed by atoms with Crippen LogP contribution < -0.4 is 10.1 Å². The number of fused-ring (bicyclic) bond motifs is 1. The number of hydrogen-bond acceptors (Lipinski definition) is 3. The van der Waals surface area contributed by atoms with Crippen molar-refractivity contribution in [3.05, 3.63) is 23.8 Å². The Kier molecular flexibility index (Phi) is 4.16. The number of piperidine rings is 1. The summed E-state index contributed by atoms with van der Waals surface area (Å²) in [5, 5.41) is 3.50. The van der Waals surface area contributed by atoms with Crippen molar-refractivity contribution in [1.29, 1.82) is 0 Å². The van der Waals surface area contributed by atoms with Crippen LogP contribution in [0.15, 0.2) is 18.2 Å². The molecule has 1 N–H and O–H groups in total. The summed E-state index contributed by atoms with van der Waals surface area (Å²) < 4.78 is 5.96. The van der Waals surface area contributed by atoms with Gasteiger partial charge in [0.25, 0.3) is 0 Å². The third-order valence-corrected chi connectivity index (χ3v) is 4.60. The molecule has 3 nitrogen and oxygen atoms in total. The highest BCUT2D eigenvalue weighted by molar-refractivity contribution is 5.59. The molecule has 0 saturated carbocycles. The highest BCUT2D eigenvalue weighted by atomic mass is 16.5. The molecule has 0 radical (unpaired) electrons. The minimum Gasteiger partial charge on any atom is -0.486 e. The molecule has 1 saturated heterocycles. The van der Waals surface area contributed by atoms with Crippen LogP contribution in [0, 0.1) is 5.92 Å². The van der Waals surface area contributed by atoms with Crippen molar-refractivity contribution in [2.75, 3.05) is 25.0 Å². The number of anilines is 1. The lowest BCUT2D eigenvalue weighted by Gasteiger charge is -2.31. The van der Waals surface area contributed by atoms with Crippen LogP contribution in [0.5, 0.6) is 5.75 Å². The van der Waals surface area contributed by atoms with Crippen molar-refractivity contribution in [3.8, 4) is 5.75 Å². The number of rotatable bonds is 3. The van der Waals surface area contributed by atoms with Crippen LogP contribution in [0.4, 0.5) is 5.69 Å². The van der Waals surface area contributed by atoms with Gasteiger partial charge in [0.2, 0.25) is 0 Å². The van der Waals surface area contributed by atoms with Gasteiger partial charge >= 0.3 is 0 Å². The van der Waals surface area contributed by atoms with Gasteiger partial charge in [-0.3, -0.25) is 4.90 Å². The van der Waals surface area contributed by atoms with E-state index in [1.165, 1.54) is 31.5 Å². The standard InChI is InChI=1S/C17H26N2O/c1-3-15-11-18-16-10-14(4-5-17(16)20-15)12-19-8-6-13(2)7-9-19/h4-5,10,13,15,18H,3,6-9,11-12H2,1-2H3. The van der Waals surface area contributed by atoms with Crippen molar-refractivity contribution in [1.82, 2.24) is 4.90 Å². The van der Waals surface area contributed by atoms with Gasteiger partial charge in [-0.15, -0.1) is 0 Å². The molecule has 1 fully saturated rings. The second-order valence-electron chi connectivity index (χ2n) is 6.32. The van der Waals surface area contributed by atoms with E-state index in [1.54, 1.807) is 0 Å². The molecular formula is C17H26N2O. The summed E-state index contributed by atoms with van der Waals surface area (Å²) in [4.78, 5) is 2.57. The SMILES string of the molecule is CCC1CNc2cc(CN3CCC(C)CC3)ccc2O1. The van der Waals surface area contributed by atoms with Gasteiger partial charge in [-0.25, -0.2) is 0 Å². The summed E-state index contributed by atoms with van der Waals surface area (Å²) >= 11 is 0. The molecule has 1 aromatic rings. The van der Waals surface area contributed by atoms with E-state index in [-0.39, 0.29) is 0 Å². The molecule has 0 amide bonds. The predicted molar refractivity (Wildman–Crippen MR) is 83.3 cm³/mol. The minimum atomic E-state index is 0.317. The monoisotopic (exact) mass is 274 g/mol.